The lowest BCUT2D eigenvalue weighted by atomic mass is 10.2. The molecule has 2 aromatic carbocycles. The molecule has 5 nitrogen and oxygen atoms in total. The number of amidine groups is 1. The molecule has 1 saturated heterocycles. The molecule has 3 rings (SSSR count). The fourth-order valence-electron chi connectivity index (χ4n) is 2.33. The molecule has 0 unspecified atom stereocenters. The standard InChI is InChI=1S/C19H15ClN2O3S2/c1-2-12-22-18(23)17(13-14-6-4-3-5-7-14)26-19(22)21-27(24,25)16-10-8-15(20)9-11-16/h2-11,13H,1,12H2/b17-13-,21-19+. The summed E-state index contributed by atoms with van der Waals surface area (Å²) in [5, 5.41) is 0.519. The molecule has 0 saturated carbocycles. The Labute approximate surface area is 167 Å². The normalized spacial score (nSPS) is 17.7. The average Bonchev–Trinajstić information content (AvgIpc) is 2.91. The third kappa shape index (κ3) is 4.50. The Morgan fingerprint density at radius 1 is 1.11 bits per heavy atom. The molecule has 2 aromatic rings. The maximum absolute atomic E-state index is 12.7. The van der Waals surface area contributed by atoms with Gasteiger partial charge in [-0.25, -0.2) is 0 Å². The van der Waals surface area contributed by atoms with E-state index in [0.717, 1.165) is 17.3 Å². The maximum atomic E-state index is 12.7. The molecule has 1 fully saturated rings. The molecular weight excluding hydrogens is 404 g/mol. The minimum atomic E-state index is -3.98. The Balaban J connectivity index is 1.99. The van der Waals surface area contributed by atoms with Gasteiger partial charge in [0.15, 0.2) is 5.17 Å². The lowest BCUT2D eigenvalue weighted by Crippen LogP contribution is -2.29. The zero-order valence-corrected chi connectivity index (χ0v) is 16.5. The van der Waals surface area contributed by atoms with Gasteiger partial charge < -0.3 is 0 Å². The van der Waals surface area contributed by atoms with Crippen molar-refractivity contribution in [2.24, 2.45) is 4.40 Å². The first kappa shape index (κ1) is 19.4. The number of hydrogen-bond donors (Lipinski definition) is 0. The summed E-state index contributed by atoms with van der Waals surface area (Å²) in [5.41, 5.74) is 0.841. The van der Waals surface area contributed by atoms with Crippen molar-refractivity contribution in [3.05, 3.63) is 82.7 Å². The second-order valence-corrected chi connectivity index (χ2v) is 8.58. The van der Waals surface area contributed by atoms with Crippen molar-refractivity contribution < 1.29 is 13.2 Å². The third-order valence-electron chi connectivity index (χ3n) is 3.61. The molecule has 0 radical (unpaired) electrons. The van der Waals surface area contributed by atoms with Gasteiger partial charge in [0.25, 0.3) is 15.9 Å². The Bertz CT molecular complexity index is 1030. The van der Waals surface area contributed by atoms with Crippen LogP contribution in [-0.2, 0) is 14.8 Å². The van der Waals surface area contributed by atoms with Crippen LogP contribution >= 0.6 is 23.4 Å². The van der Waals surface area contributed by atoms with Gasteiger partial charge in [-0.2, -0.15) is 8.42 Å². The van der Waals surface area contributed by atoms with Crippen LogP contribution in [0.3, 0.4) is 0 Å². The van der Waals surface area contributed by atoms with Gasteiger partial charge in [0, 0.05) is 11.6 Å². The van der Waals surface area contributed by atoms with E-state index in [0.29, 0.717) is 9.93 Å². The van der Waals surface area contributed by atoms with Crippen molar-refractivity contribution in [2.45, 2.75) is 4.90 Å². The molecule has 0 aliphatic carbocycles. The van der Waals surface area contributed by atoms with Crippen LogP contribution in [-0.4, -0.2) is 30.9 Å². The minimum absolute atomic E-state index is 0.00601. The highest BCUT2D eigenvalue weighted by molar-refractivity contribution is 8.19. The van der Waals surface area contributed by atoms with E-state index in [1.807, 2.05) is 30.3 Å². The SMILES string of the molecule is C=CCN1C(=O)/C(=C/c2ccccc2)S/C1=N/S(=O)(=O)c1ccc(Cl)cc1. The van der Waals surface area contributed by atoms with E-state index in [1.54, 1.807) is 6.08 Å². The molecule has 0 N–H and O–H groups in total. The average molecular weight is 419 g/mol. The molecular formula is C19H15ClN2O3S2. The summed E-state index contributed by atoms with van der Waals surface area (Å²) in [6, 6.07) is 15.0. The molecule has 0 spiro atoms. The van der Waals surface area contributed by atoms with E-state index in [4.69, 9.17) is 11.6 Å². The summed E-state index contributed by atoms with van der Waals surface area (Å²) < 4.78 is 29.1. The van der Waals surface area contributed by atoms with Gasteiger partial charge in [-0.15, -0.1) is 11.0 Å². The van der Waals surface area contributed by atoms with E-state index >= 15 is 0 Å². The lowest BCUT2D eigenvalue weighted by molar-refractivity contribution is -0.121. The number of sulfonamides is 1. The first-order chi connectivity index (χ1) is 12.9. The Kier molecular flexibility index (Phi) is 5.84. The van der Waals surface area contributed by atoms with Crippen molar-refractivity contribution >= 4 is 50.5 Å². The molecule has 1 heterocycles. The Morgan fingerprint density at radius 3 is 2.41 bits per heavy atom. The zero-order chi connectivity index (χ0) is 19.4. The second kappa shape index (κ2) is 8.12. The number of benzene rings is 2. The lowest BCUT2D eigenvalue weighted by Gasteiger charge is -2.12. The first-order valence-electron chi connectivity index (χ1n) is 7.88. The summed E-state index contributed by atoms with van der Waals surface area (Å²) in [4.78, 5) is 14.4. The number of hydrogen-bond acceptors (Lipinski definition) is 4. The number of thioether (sulfide) groups is 1. The van der Waals surface area contributed by atoms with Gasteiger partial charge in [0.05, 0.1) is 9.80 Å². The summed E-state index contributed by atoms with van der Waals surface area (Å²) in [6.07, 6.45) is 3.23. The first-order valence-corrected chi connectivity index (χ1v) is 10.5. The summed E-state index contributed by atoms with van der Waals surface area (Å²) in [5.74, 6) is -0.311. The van der Waals surface area contributed by atoms with Gasteiger partial charge in [-0.1, -0.05) is 48.0 Å². The van der Waals surface area contributed by atoms with Crippen LogP contribution in [0.2, 0.25) is 5.02 Å². The quantitative estimate of drug-likeness (QED) is 0.539. The summed E-state index contributed by atoms with van der Waals surface area (Å²) >= 11 is 6.83. The van der Waals surface area contributed by atoms with Crippen molar-refractivity contribution in [1.29, 1.82) is 0 Å². The van der Waals surface area contributed by atoms with Crippen LogP contribution in [0.1, 0.15) is 5.56 Å². The number of rotatable bonds is 5. The third-order valence-corrected chi connectivity index (χ3v) is 6.26. The van der Waals surface area contributed by atoms with Crippen LogP contribution in [0.15, 0.2) is 81.5 Å². The highest BCUT2D eigenvalue weighted by atomic mass is 35.5. The van der Waals surface area contributed by atoms with Gasteiger partial charge >= 0.3 is 0 Å². The minimum Gasteiger partial charge on any atom is -0.282 e. The molecule has 1 aliphatic heterocycles. The van der Waals surface area contributed by atoms with Crippen LogP contribution in [0, 0.1) is 0 Å². The van der Waals surface area contributed by atoms with Gasteiger partial charge in [0.1, 0.15) is 0 Å². The predicted molar refractivity (Wildman–Crippen MR) is 110 cm³/mol. The van der Waals surface area contributed by atoms with Crippen molar-refractivity contribution in [3.63, 3.8) is 0 Å². The fraction of sp³-hybridized carbons (Fsp3) is 0.0526. The number of carbonyl (C=O) groups is 1. The van der Waals surface area contributed by atoms with Gasteiger partial charge in [0.2, 0.25) is 0 Å². The van der Waals surface area contributed by atoms with Gasteiger partial charge in [-0.05, 0) is 47.7 Å². The van der Waals surface area contributed by atoms with E-state index in [-0.39, 0.29) is 22.5 Å². The molecule has 1 amide bonds. The molecule has 0 aromatic heterocycles. The monoisotopic (exact) mass is 418 g/mol. The molecule has 27 heavy (non-hydrogen) atoms. The number of halogens is 1. The Hall–Kier alpha value is -2.35. The van der Waals surface area contributed by atoms with Crippen LogP contribution in [0.5, 0.6) is 0 Å². The molecule has 138 valence electrons. The van der Waals surface area contributed by atoms with Crippen molar-refractivity contribution in [1.82, 2.24) is 4.90 Å². The zero-order valence-electron chi connectivity index (χ0n) is 14.1. The molecule has 0 atom stereocenters. The second-order valence-electron chi connectivity index (χ2n) is 5.53. The largest absolute Gasteiger partial charge is 0.284 e. The summed E-state index contributed by atoms with van der Waals surface area (Å²) in [6.45, 7) is 3.78. The number of amides is 1. The predicted octanol–water partition coefficient (Wildman–Crippen LogP) is 4.19. The van der Waals surface area contributed by atoms with E-state index in [2.05, 4.69) is 11.0 Å². The van der Waals surface area contributed by atoms with Crippen LogP contribution in [0.4, 0.5) is 0 Å². The van der Waals surface area contributed by atoms with E-state index in [9.17, 15) is 13.2 Å². The van der Waals surface area contributed by atoms with Crippen molar-refractivity contribution in [3.8, 4) is 0 Å². The Morgan fingerprint density at radius 2 is 1.78 bits per heavy atom. The molecule has 1 aliphatic rings. The molecule has 0 bridgehead atoms. The summed E-state index contributed by atoms with van der Waals surface area (Å²) in [7, 11) is -3.98. The van der Waals surface area contributed by atoms with E-state index < -0.39 is 10.0 Å². The highest BCUT2D eigenvalue weighted by Crippen LogP contribution is 2.33. The highest BCUT2D eigenvalue weighted by Gasteiger charge is 2.34. The number of nitrogens with zero attached hydrogens (tertiary/aromatic N) is 2. The van der Waals surface area contributed by atoms with E-state index in [1.165, 1.54) is 35.2 Å². The number of carbonyl (C=O) groups excluding carboxylic acids is 1. The topological polar surface area (TPSA) is 66.8 Å². The van der Waals surface area contributed by atoms with Crippen LogP contribution in [0.25, 0.3) is 6.08 Å². The fourth-order valence-corrected chi connectivity index (χ4v) is 4.64. The van der Waals surface area contributed by atoms with Crippen LogP contribution < -0.4 is 0 Å². The smallest absolute Gasteiger partial charge is 0.282 e. The van der Waals surface area contributed by atoms with Crippen molar-refractivity contribution in [2.75, 3.05) is 6.54 Å². The van der Waals surface area contributed by atoms with Gasteiger partial charge in [-0.3, -0.25) is 9.69 Å². The maximum Gasteiger partial charge on any atom is 0.284 e. The molecule has 8 heteroatoms.